The van der Waals surface area contributed by atoms with E-state index in [9.17, 15) is 9.90 Å². The Kier molecular flexibility index (Phi) is 9.49. The molecule has 0 spiro atoms. The van der Waals surface area contributed by atoms with Crippen LogP contribution in [0.15, 0.2) is 60.8 Å². The molecule has 9 nitrogen and oxygen atoms in total. The molecule has 0 saturated carbocycles. The van der Waals surface area contributed by atoms with E-state index in [1.54, 1.807) is 38.5 Å². The minimum absolute atomic E-state index is 0.240. The third-order valence-corrected chi connectivity index (χ3v) is 6.61. The molecule has 1 aromatic heterocycles. The number of ether oxygens (including phenoxy) is 4. The van der Waals surface area contributed by atoms with Crippen LogP contribution in [0.25, 0.3) is 22.0 Å². The van der Waals surface area contributed by atoms with Crippen LogP contribution in [0.5, 0.6) is 23.0 Å². The summed E-state index contributed by atoms with van der Waals surface area (Å²) in [6.45, 7) is 0.0479. The van der Waals surface area contributed by atoms with Crippen LogP contribution < -0.4 is 24.3 Å². The van der Waals surface area contributed by atoms with E-state index < -0.39 is 6.04 Å². The van der Waals surface area contributed by atoms with E-state index in [0.717, 1.165) is 27.6 Å². The van der Waals surface area contributed by atoms with E-state index in [1.165, 1.54) is 7.11 Å². The van der Waals surface area contributed by atoms with E-state index in [0.29, 0.717) is 47.8 Å². The molecule has 0 fully saturated rings. The van der Waals surface area contributed by atoms with Gasteiger partial charge in [-0.1, -0.05) is 24.3 Å². The number of benzene rings is 3. The molecule has 1 heterocycles. The molecule has 9 heteroatoms. The number of unbranched alkanes of at least 4 members (excludes halogenated alkanes) is 1. The average Bonchev–Trinajstić information content (AvgIpc) is 3.40. The highest BCUT2D eigenvalue weighted by Crippen LogP contribution is 2.41. The van der Waals surface area contributed by atoms with Crippen LogP contribution in [0.3, 0.4) is 0 Å². The maximum Gasteiger partial charge on any atom is 0.255 e. The number of carbonyl (C=O) groups excluding carboxylic acids is 1. The average molecular weight is 544 g/mol. The van der Waals surface area contributed by atoms with Crippen LogP contribution in [0, 0.1) is 11.3 Å². The number of hydrogen-bond donors (Lipinski definition) is 3. The van der Waals surface area contributed by atoms with Crippen LogP contribution >= 0.6 is 0 Å². The van der Waals surface area contributed by atoms with Crippen molar-refractivity contribution >= 4 is 16.8 Å². The molecule has 0 radical (unpaired) electrons. The van der Waals surface area contributed by atoms with E-state index in [1.807, 2.05) is 36.5 Å². The maximum atomic E-state index is 13.6. The number of para-hydroxylation sites is 1. The number of hydrogen-bond acceptors (Lipinski definition) is 7. The summed E-state index contributed by atoms with van der Waals surface area (Å²) in [7, 11) is 4.62. The molecule has 1 atom stereocenters. The summed E-state index contributed by atoms with van der Waals surface area (Å²) < 4.78 is 22.3. The molecule has 4 aromatic rings. The molecule has 1 amide bonds. The summed E-state index contributed by atoms with van der Waals surface area (Å²) in [6.07, 6.45) is 3.22. The molecule has 0 aliphatic carbocycles. The van der Waals surface area contributed by atoms with Gasteiger partial charge in [-0.25, -0.2) is 0 Å². The second-order valence-electron chi connectivity index (χ2n) is 9.15. The first-order valence-corrected chi connectivity index (χ1v) is 12.9. The van der Waals surface area contributed by atoms with Gasteiger partial charge in [-0.2, -0.15) is 5.26 Å². The number of H-pyrrole nitrogens is 1. The second-order valence-corrected chi connectivity index (χ2v) is 9.15. The number of methoxy groups -OCH3 is 3. The predicted octanol–water partition coefficient (Wildman–Crippen LogP) is 4.88. The number of rotatable bonds is 13. The fourth-order valence-corrected chi connectivity index (χ4v) is 4.58. The lowest BCUT2D eigenvalue weighted by Gasteiger charge is -2.19. The summed E-state index contributed by atoms with van der Waals surface area (Å²) in [5.74, 6) is 1.43. The Balaban J connectivity index is 1.65. The molecular formula is C31H33N3O6. The molecule has 0 bridgehead atoms. The van der Waals surface area contributed by atoms with Crippen molar-refractivity contribution in [2.75, 3.05) is 34.5 Å². The maximum absolute atomic E-state index is 13.6. The molecule has 3 N–H and O–H groups in total. The summed E-state index contributed by atoms with van der Waals surface area (Å²) in [5.41, 5.74) is 3.77. The zero-order valence-electron chi connectivity index (χ0n) is 22.8. The number of nitrogens with one attached hydrogen (secondary N) is 2. The van der Waals surface area contributed by atoms with E-state index in [-0.39, 0.29) is 19.1 Å². The van der Waals surface area contributed by atoms with Gasteiger partial charge < -0.3 is 34.4 Å². The summed E-state index contributed by atoms with van der Waals surface area (Å²) in [5, 5.41) is 23.0. The molecule has 40 heavy (non-hydrogen) atoms. The quantitative estimate of drug-likeness (QED) is 0.205. The zero-order chi connectivity index (χ0) is 28.5. The Morgan fingerprint density at radius 1 is 1.00 bits per heavy atom. The van der Waals surface area contributed by atoms with Crippen molar-refractivity contribution in [1.29, 1.82) is 5.26 Å². The molecule has 208 valence electrons. The van der Waals surface area contributed by atoms with Crippen LogP contribution in [0.1, 0.15) is 28.8 Å². The highest BCUT2D eigenvalue weighted by Gasteiger charge is 2.21. The molecule has 0 saturated heterocycles. The summed E-state index contributed by atoms with van der Waals surface area (Å²) in [4.78, 5) is 16.8. The van der Waals surface area contributed by atoms with Gasteiger partial charge in [-0.05, 0) is 59.9 Å². The third-order valence-electron chi connectivity index (χ3n) is 6.61. The minimum atomic E-state index is -0.525. The van der Waals surface area contributed by atoms with Gasteiger partial charge in [0.05, 0.1) is 52.2 Å². The molecule has 0 aliphatic rings. The van der Waals surface area contributed by atoms with Gasteiger partial charge >= 0.3 is 0 Å². The van der Waals surface area contributed by atoms with Crippen molar-refractivity contribution in [3.63, 3.8) is 0 Å². The lowest BCUT2D eigenvalue weighted by Crippen LogP contribution is -2.39. The lowest BCUT2D eigenvalue weighted by molar-refractivity contribution is 0.0912. The second kappa shape index (κ2) is 13.4. The van der Waals surface area contributed by atoms with Crippen LogP contribution in [-0.2, 0) is 6.42 Å². The molecule has 4 rings (SSSR count). The topological polar surface area (TPSA) is 126 Å². The number of carbonyl (C=O) groups is 1. The van der Waals surface area contributed by atoms with Gasteiger partial charge in [0, 0.05) is 23.5 Å². The molecule has 0 unspecified atom stereocenters. The Labute approximate surface area is 233 Å². The standard InChI is InChI=1S/C31H33N3O6/c1-37-28-16-21(17-29(38-2)30(28)39-3)20-10-11-27(40-13-7-6-12-32)25(15-20)31(36)34-23(19-35)14-22-18-33-26-9-5-4-8-24(22)26/h4-5,8-11,15-18,23,33,35H,6-7,13-14,19H2,1-3H3,(H,34,36)/t23-/m1/s1. The number of nitrogens with zero attached hydrogens (tertiary/aromatic N) is 1. The van der Waals surface area contributed by atoms with Crippen LogP contribution in [-0.4, -0.2) is 56.6 Å². The number of nitriles is 1. The van der Waals surface area contributed by atoms with Crippen LogP contribution in [0.4, 0.5) is 0 Å². The van der Waals surface area contributed by atoms with E-state index in [4.69, 9.17) is 24.2 Å². The van der Waals surface area contributed by atoms with E-state index >= 15 is 0 Å². The first kappa shape index (κ1) is 28.3. The Morgan fingerprint density at radius 2 is 1.75 bits per heavy atom. The predicted molar refractivity (Wildman–Crippen MR) is 152 cm³/mol. The number of aromatic nitrogens is 1. The SMILES string of the molecule is COc1cc(-c2ccc(OCCCC#N)c(C(=O)N[C@@H](CO)Cc3c[nH]c4ccccc34)c2)cc(OC)c1OC. The van der Waals surface area contributed by atoms with Crippen molar-refractivity contribution < 1.29 is 28.8 Å². The smallest absolute Gasteiger partial charge is 0.255 e. The third kappa shape index (κ3) is 6.30. The lowest BCUT2D eigenvalue weighted by atomic mass is 10.00. The van der Waals surface area contributed by atoms with Crippen molar-refractivity contribution in [3.05, 3.63) is 71.9 Å². The Morgan fingerprint density at radius 3 is 2.42 bits per heavy atom. The normalized spacial score (nSPS) is 11.5. The Bertz CT molecular complexity index is 1480. The summed E-state index contributed by atoms with van der Waals surface area (Å²) >= 11 is 0. The van der Waals surface area contributed by atoms with Gasteiger partial charge in [-0.3, -0.25) is 4.79 Å². The van der Waals surface area contributed by atoms with Crippen molar-refractivity contribution in [2.45, 2.75) is 25.3 Å². The van der Waals surface area contributed by atoms with Gasteiger partial charge in [0.15, 0.2) is 11.5 Å². The molecular weight excluding hydrogens is 510 g/mol. The monoisotopic (exact) mass is 543 g/mol. The fraction of sp³-hybridized carbons (Fsp3) is 0.290. The van der Waals surface area contributed by atoms with Gasteiger partial charge in [0.25, 0.3) is 5.91 Å². The van der Waals surface area contributed by atoms with Crippen molar-refractivity contribution in [1.82, 2.24) is 10.3 Å². The van der Waals surface area contributed by atoms with Gasteiger partial charge in [0.1, 0.15) is 5.75 Å². The summed E-state index contributed by atoms with van der Waals surface area (Å²) in [6, 6.07) is 18.4. The number of aliphatic hydroxyl groups excluding tert-OH is 1. The van der Waals surface area contributed by atoms with E-state index in [2.05, 4.69) is 16.4 Å². The molecule has 3 aromatic carbocycles. The first-order valence-electron chi connectivity index (χ1n) is 12.9. The molecule has 0 aliphatic heterocycles. The minimum Gasteiger partial charge on any atom is -0.493 e. The highest BCUT2D eigenvalue weighted by molar-refractivity contribution is 5.98. The zero-order valence-corrected chi connectivity index (χ0v) is 22.8. The number of aromatic amines is 1. The van der Waals surface area contributed by atoms with Gasteiger partial charge in [-0.15, -0.1) is 0 Å². The van der Waals surface area contributed by atoms with Crippen molar-refractivity contribution in [3.8, 4) is 40.2 Å². The Hall–Kier alpha value is -4.68. The first-order chi connectivity index (χ1) is 19.5. The van der Waals surface area contributed by atoms with Gasteiger partial charge in [0.2, 0.25) is 5.75 Å². The number of amides is 1. The number of fused-ring (bicyclic) bond motifs is 1. The largest absolute Gasteiger partial charge is 0.493 e. The fourth-order valence-electron chi connectivity index (χ4n) is 4.58. The van der Waals surface area contributed by atoms with Crippen molar-refractivity contribution in [2.24, 2.45) is 0 Å². The highest BCUT2D eigenvalue weighted by atomic mass is 16.5. The number of aliphatic hydroxyl groups is 1. The van der Waals surface area contributed by atoms with Crippen LogP contribution in [0.2, 0.25) is 0 Å².